The Balaban J connectivity index is 1.66. The molecule has 3 aromatic heterocycles. The Morgan fingerprint density at radius 2 is 1.95 bits per heavy atom. The first-order valence-corrected chi connectivity index (χ1v) is 13.5. The minimum Gasteiger partial charge on any atom is -0.394 e. The van der Waals surface area contributed by atoms with Crippen LogP contribution in [-0.2, 0) is 20.0 Å². The van der Waals surface area contributed by atoms with Gasteiger partial charge in [0.15, 0.2) is 5.82 Å². The number of aromatic nitrogens is 4. The topological polar surface area (TPSA) is 122 Å². The van der Waals surface area contributed by atoms with Crippen molar-refractivity contribution < 1.29 is 5.11 Å². The Labute approximate surface area is 229 Å². The van der Waals surface area contributed by atoms with Crippen molar-refractivity contribution >= 4 is 22.8 Å². The number of hydrogen-bond donors (Lipinski definition) is 3. The van der Waals surface area contributed by atoms with Crippen LogP contribution >= 0.6 is 0 Å². The van der Waals surface area contributed by atoms with Gasteiger partial charge < -0.3 is 25.6 Å². The fraction of sp³-hybridized carbons (Fsp3) is 0.400. The van der Waals surface area contributed by atoms with Gasteiger partial charge in [-0.2, -0.15) is 4.98 Å². The summed E-state index contributed by atoms with van der Waals surface area (Å²) in [4.78, 5) is 28.4. The summed E-state index contributed by atoms with van der Waals surface area (Å²) in [5.74, 6) is 0.603. The number of anilines is 2. The number of unbranched alkanes of at least 4 members (excludes halogenated alkanes) is 1. The third-order valence-electron chi connectivity index (χ3n) is 7.09. The Hall–Kier alpha value is -3.82. The maximum absolute atomic E-state index is 12.7. The quantitative estimate of drug-likeness (QED) is 0.252. The molecule has 4 N–H and O–H groups in total. The second-order valence-electron chi connectivity index (χ2n) is 10.6. The summed E-state index contributed by atoms with van der Waals surface area (Å²) in [5, 5.41) is 13.4. The number of nitrogen functional groups attached to an aromatic ring is 1. The third kappa shape index (κ3) is 6.99. The average Bonchev–Trinajstić information content (AvgIpc) is 2.93. The monoisotopic (exact) mass is 529 g/mol. The molecule has 206 valence electrons. The smallest absolute Gasteiger partial charge is 0.250 e. The van der Waals surface area contributed by atoms with Gasteiger partial charge in [0, 0.05) is 44.2 Å². The largest absolute Gasteiger partial charge is 0.394 e. The molecule has 3 heterocycles. The van der Waals surface area contributed by atoms with Crippen molar-refractivity contribution in [3.05, 3.63) is 76.3 Å². The zero-order valence-electron chi connectivity index (χ0n) is 23.3. The van der Waals surface area contributed by atoms with Crippen molar-refractivity contribution in [1.29, 1.82) is 0 Å². The molecular formula is C30H39N7O2. The van der Waals surface area contributed by atoms with E-state index in [0.29, 0.717) is 23.4 Å². The van der Waals surface area contributed by atoms with Gasteiger partial charge in [0.25, 0.3) is 5.56 Å². The van der Waals surface area contributed by atoms with Gasteiger partial charge in [-0.1, -0.05) is 50.1 Å². The molecule has 39 heavy (non-hydrogen) atoms. The van der Waals surface area contributed by atoms with Gasteiger partial charge >= 0.3 is 0 Å². The number of nitrogens with two attached hydrogens (primary N) is 1. The summed E-state index contributed by atoms with van der Waals surface area (Å²) >= 11 is 0. The Kier molecular flexibility index (Phi) is 8.93. The second-order valence-corrected chi connectivity index (χ2v) is 10.6. The highest BCUT2D eigenvalue weighted by Crippen LogP contribution is 2.29. The maximum Gasteiger partial charge on any atom is 0.250 e. The summed E-state index contributed by atoms with van der Waals surface area (Å²) in [6.45, 7) is 5.57. The van der Waals surface area contributed by atoms with E-state index in [2.05, 4.69) is 58.4 Å². The predicted molar refractivity (Wildman–Crippen MR) is 158 cm³/mol. The number of pyridine rings is 2. The second kappa shape index (κ2) is 12.4. The van der Waals surface area contributed by atoms with Crippen molar-refractivity contribution in [3.63, 3.8) is 0 Å². The van der Waals surface area contributed by atoms with Gasteiger partial charge in [-0.25, -0.2) is 4.98 Å². The number of aryl methyl sites for hydroxylation is 1. The maximum atomic E-state index is 12.7. The van der Waals surface area contributed by atoms with Gasteiger partial charge in [-0.3, -0.25) is 9.78 Å². The lowest BCUT2D eigenvalue weighted by atomic mass is 9.96. The molecule has 1 aromatic carbocycles. The molecular weight excluding hydrogens is 490 g/mol. The number of hydrogen-bond acceptors (Lipinski definition) is 8. The molecule has 0 saturated heterocycles. The molecule has 0 spiro atoms. The first kappa shape index (κ1) is 28.2. The van der Waals surface area contributed by atoms with E-state index in [9.17, 15) is 9.90 Å². The van der Waals surface area contributed by atoms with E-state index in [1.807, 2.05) is 25.3 Å². The first-order valence-electron chi connectivity index (χ1n) is 13.5. The number of benzene rings is 1. The fourth-order valence-electron chi connectivity index (χ4n) is 4.72. The van der Waals surface area contributed by atoms with Crippen LogP contribution in [0.3, 0.4) is 0 Å². The van der Waals surface area contributed by atoms with Crippen LogP contribution in [-0.4, -0.2) is 55.3 Å². The lowest BCUT2D eigenvalue weighted by molar-refractivity contribution is 0.212. The summed E-state index contributed by atoms with van der Waals surface area (Å²) in [5.41, 5.74) is 10.5. The number of fused-ring (bicyclic) bond motifs is 1. The molecule has 0 aliphatic carbocycles. The molecule has 9 heteroatoms. The van der Waals surface area contributed by atoms with Crippen molar-refractivity contribution in [1.82, 2.24) is 24.4 Å². The normalized spacial score (nSPS) is 13.1. The zero-order chi connectivity index (χ0) is 28.0. The number of nitrogens with one attached hydrogen (secondary N) is 1. The van der Waals surface area contributed by atoms with Crippen molar-refractivity contribution in [3.8, 4) is 11.1 Å². The third-order valence-corrected chi connectivity index (χ3v) is 7.09. The minimum atomic E-state index is -0.562. The van der Waals surface area contributed by atoms with Crippen LogP contribution in [0, 0.1) is 0 Å². The molecule has 0 amide bonds. The Bertz CT molecular complexity index is 1470. The molecule has 0 saturated carbocycles. The van der Waals surface area contributed by atoms with Gasteiger partial charge in [-0.15, -0.1) is 0 Å². The number of aliphatic hydroxyl groups excluding tert-OH is 1. The highest BCUT2D eigenvalue weighted by atomic mass is 16.3. The van der Waals surface area contributed by atoms with E-state index in [1.165, 1.54) is 5.56 Å². The summed E-state index contributed by atoms with van der Waals surface area (Å²) in [7, 11) is 3.85. The van der Waals surface area contributed by atoms with Crippen LogP contribution in [0.5, 0.6) is 0 Å². The average molecular weight is 530 g/mol. The molecule has 1 unspecified atom stereocenters. The van der Waals surface area contributed by atoms with E-state index >= 15 is 0 Å². The van der Waals surface area contributed by atoms with Crippen LogP contribution in [0.15, 0.2) is 59.7 Å². The zero-order valence-corrected chi connectivity index (χ0v) is 23.3. The lowest BCUT2D eigenvalue weighted by Crippen LogP contribution is -2.39. The molecule has 0 aliphatic heterocycles. The molecule has 4 aromatic rings. The Morgan fingerprint density at radius 3 is 2.67 bits per heavy atom. The van der Waals surface area contributed by atoms with Crippen LogP contribution in [0.2, 0.25) is 0 Å². The first-order chi connectivity index (χ1) is 18.7. The molecule has 1 atom stereocenters. The van der Waals surface area contributed by atoms with Crippen LogP contribution in [0.1, 0.15) is 44.2 Å². The molecule has 0 bridgehead atoms. The SMILES string of the molecule is CCCCC(C)(CO)Nc1nc(N)nc2cc(-c3cc(=O)n(C)cc3CN(C)CCc3ccccc3)cnc12. The number of rotatable bonds is 12. The van der Waals surface area contributed by atoms with Gasteiger partial charge in [-0.05, 0) is 49.6 Å². The molecule has 0 aliphatic rings. The standard InChI is InChI=1S/C30H39N7O2/c1-5-6-13-30(2,20-38)35-28-27-25(33-29(31)34-28)15-22(17-32-27)24-16-26(39)37(4)19-23(24)18-36(3)14-12-21-10-8-7-9-11-21/h7-11,15-17,19,38H,5-6,12-14,18,20H2,1-4H3,(H3,31,33,34,35). The Morgan fingerprint density at radius 1 is 1.18 bits per heavy atom. The van der Waals surface area contributed by atoms with E-state index in [-0.39, 0.29) is 18.1 Å². The van der Waals surface area contributed by atoms with Crippen molar-refractivity contribution in [2.45, 2.75) is 51.6 Å². The van der Waals surface area contributed by atoms with E-state index < -0.39 is 5.54 Å². The predicted octanol–water partition coefficient (Wildman–Crippen LogP) is 4.00. The van der Waals surface area contributed by atoms with Crippen molar-refractivity contribution in [2.24, 2.45) is 7.05 Å². The summed E-state index contributed by atoms with van der Waals surface area (Å²) in [6.07, 6.45) is 7.34. The van der Waals surface area contributed by atoms with E-state index in [4.69, 9.17) is 10.7 Å². The molecule has 4 rings (SSSR count). The molecule has 9 nitrogen and oxygen atoms in total. The number of likely N-dealkylation sites (N-methyl/N-ethyl adjacent to an activating group) is 1. The number of nitrogens with zero attached hydrogens (tertiary/aromatic N) is 5. The van der Waals surface area contributed by atoms with E-state index in [0.717, 1.165) is 48.9 Å². The summed E-state index contributed by atoms with van der Waals surface area (Å²) in [6, 6.07) is 14.0. The van der Waals surface area contributed by atoms with E-state index in [1.54, 1.807) is 23.9 Å². The highest BCUT2D eigenvalue weighted by Gasteiger charge is 2.25. The molecule has 0 fully saturated rings. The lowest BCUT2D eigenvalue weighted by Gasteiger charge is -2.29. The minimum absolute atomic E-state index is 0.0507. The van der Waals surface area contributed by atoms with Gasteiger partial charge in [0.1, 0.15) is 5.52 Å². The van der Waals surface area contributed by atoms with Crippen LogP contribution in [0.25, 0.3) is 22.2 Å². The summed E-state index contributed by atoms with van der Waals surface area (Å²) < 4.78 is 1.60. The van der Waals surface area contributed by atoms with Crippen LogP contribution in [0.4, 0.5) is 11.8 Å². The highest BCUT2D eigenvalue weighted by molar-refractivity contribution is 5.89. The number of aliphatic hydroxyl groups is 1. The fourth-order valence-corrected chi connectivity index (χ4v) is 4.72. The van der Waals surface area contributed by atoms with Crippen molar-refractivity contribution in [2.75, 3.05) is 31.2 Å². The van der Waals surface area contributed by atoms with Gasteiger partial charge in [0.2, 0.25) is 5.95 Å². The molecule has 0 radical (unpaired) electrons. The van der Waals surface area contributed by atoms with Gasteiger partial charge in [0.05, 0.1) is 17.7 Å². The van der Waals surface area contributed by atoms with Crippen LogP contribution < -0.4 is 16.6 Å².